The number of Topliss-reactive ketones (excluding diaryl/α,β-unsaturated/α-hetero) is 1. The molecule has 4 rings (SSSR count). The van der Waals surface area contributed by atoms with Crippen LogP contribution in [0.4, 0.5) is 11.4 Å². The summed E-state index contributed by atoms with van der Waals surface area (Å²) < 4.78 is 5.81. The van der Waals surface area contributed by atoms with Gasteiger partial charge in [-0.1, -0.05) is 12.1 Å². The summed E-state index contributed by atoms with van der Waals surface area (Å²) in [5.41, 5.74) is 1.93. The summed E-state index contributed by atoms with van der Waals surface area (Å²) in [5, 5.41) is 9.73. The van der Waals surface area contributed by atoms with E-state index < -0.39 is 0 Å². The zero-order valence-electron chi connectivity index (χ0n) is 18.8. The molecule has 0 N–H and O–H groups in total. The third-order valence-corrected chi connectivity index (χ3v) is 6.04. The smallest absolute Gasteiger partial charge is 0.232 e. The lowest BCUT2D eigenvalue weighted by molar-refractivity contribution is -0.134. The molecule has 1 saturated heterocycles. The Balaban J connectivity index is 1.33. The van der Waals surface area contributed by atoms with Gasteiger partial charge in [0.1, 0.15) is 23.6 Å². The van der Waals surface area contributed by atoms with E-state index in [-0.39, 0.29) is 36.2 Å². The molecule has 0 radical (unpaired) electrons. The first-order valence-corrected chi connectivity index (χ1v) is 10.9. The fourth-order valence-corrected chi connectivity index (χ4v) is 4.30. The Morgan fingerprint density at radius 1 is 1.09 bits per heavy atom. The number of para-hydroxylation sites is 2. The van der Waals surface area contributed by atoms with Gasteiger partial charge in [0.05, 0.1) is 17.6 Å². The first-order valence-electron chi connectivity index (χ1n) is 10.9. The lowest BCUT2D eigenvalue weighted by atomic mass is 10.0. The summed E-state index contributed by atoms with van der Waals surface area (Å²) in [6.07, 6.45) is 6.18. The number of ketones is 1. The molecule has 170 valence electrons. The fourth-order valence-electron chi connectivity index (χ4n) is 4.30. The number of hydrogen-bond acceptors (Lipinski definition) is 8. The largest absolute Gasteiger partial charge is 0.473 e. The number of nitrogens with zero attached hydrogens (tertiary/aromatic N) is 6. The fraction of sp³-hybridized carbons (Fsp3) is 0.375. The van der Waals surface area contributed by atoms with Gasteiger partial charge in [-0.05, 0) is 12.1 Å². The average molecular weight is 447 g/mol. The van der Waals surface area contributed by atoms with Crippen LogP contribution in [0.2, 0.25) is 0 Å². The van der Waals surface area contributed by atoms with Gasteiger partial charge in [-0.2, -0.15) is 5.26 Å². The van der Waals surface area contributed by atoms with Crippen molar-refractivity contribution in [1.82, 2.24) is 14.9 Å². The quantitative estimate of drug-likeness (QED) is 0.493. The SMILES string of the molecule is CN1C(=C(C#N)C(=O)CCC(=O)N2CCC(Oc3cnccn3)CC2)N(C)c2ccccc21. The summed E-state index contributed by atoms with van der Waals surface area (Å²) in [5.74, 6) is 0.611. The summed E-state index contributed by atoms with van der Waals surface area (Å²) in [4.78, 5) is 39.2. The standard InChI is InChI=1S/C24H26N6O3/c1-28-19-5-3-4-6-20(19)29(2)24(28)18(15-25)21(31)7-8-23(32)30-13-9-17(10-14-30)33-22-16-26-11-12-27-22/h3-6,11-12,16-17H,7-10,13-14H2,1-2H3. The van der Waals surface area contributed by atoms with Crippen molar-refractivity contribution in [3.63, 3.8) is 0 Å². The summed E-state index contributed by atoms with van der Waals surface area (Å²) >= 11 is 0. The number of nitriles is 1. The van der Waals surface area contributed by atoms with Crippen LogP contribution in [0.1, 0.15) is 25.7 Å². The zero-order chi connectivity index (χ0) is 23.4. The highest BCUT2D eigenvalue weighted by atomic mass is 16.5. The lowest BCUT2D eigenvalue weighted by Crippen LogP contribution is -2.42. The van der Waals surface area contributed by atoms with E-state index in [1.807, 2.05) is 48.2 Å². The van der Waals surface area contributed by atoms with E-state index in [0.29, 0.717) is 37.6 Å². The number of amides is 1. The molecular formula is C24H26N6O3. The first-order chi connectivity index (χ1) is 16.0. The monoisotopic (exact) mass is 446 g/mol. The second kappa shape index (κ2) is 9.69. The lowest BCUT2D eigenvalue weighted by Gasteiger charge is -2.31. The van der Waals surface area contributed by atoms with Gasteiger partial charge in [-0.25, -0.2) is 4.98 Å². The molecule has 0 aliphatic carbocycles. The number of likely N-dealkylation sites (tertiary alicyclic amines) is 1. The normalized spacial score (nSPS) is 15.8. The molecule has 1 aromatic heterocycles. The highest BCUT2D eigenvalue weighted by molar-refractivity contribution is 6.03. The minimum absolute atomic E-state index is 0.000709. The second-order valence-corrected chi connectivity index (χ2v) is 8.08. The van der Waals surface area contributed by atoms with Crippen molar-refractivity contribution in [1.29, 1.82) is 5.26 Å². The van der Waals surface area contributed by atoms with Crippen molar-refractivity contribution in [2.45, 2.75) is 31.8 Å². The van der Waals surface area contributed by atoms with Crippen molar-refractivity contribution < 1.29 is 14.3 Å². The zero-order valence-corrected chi connectivity index (χ0v) is 18.8. The molecule has 1 amide bonds. The van der Waals surface area contributed by atoms with E-state index in [4.69, 9.17) is 4.74 Å². The number of fused-ring (bicyclic) bond motifs is 1. The molecule has 33 heavy (non-hydrogen) atoms. The van der Waals surface area contributed by atoms with E-state index in [0.717, 1.165) is 11.4 Å². The van der Waals surface area contributed by atoms with Gasteiger partial charge in [-0.3, -0.25) is 14.6 Å². The van der Waals surface area contributed by atoms with E-state index in [2.05, 4.69) is 16.0 Å². The molecule has 9 heteroatoms. The highest BCUT2D eigenvalue weighted by Crippen LogP contribution is 2.40. The molecule has 0 unspecified atom stereocenters. The van der Waals surface area contributed by atoms with Gasteiger partial charge in [0.15, 0.2) is 5.78 Å². The van der Waals surface area contributed by atoms with E-state index in [9.17, 15) is 14.9 Å². The number of benzene rings is 1. The van der Waals surface area contributed by atoms with Crippen LogP contribution < -0.4 is 14.5 Å². The number of piperidine rings is 1. The van der Waals surface area contributed by atoms with Gasteiger partial charge in [0, 0.05) is 65.3 Å². The van der Waals surface area contributed by atoms with E-state index >= 15 is 0 Å². The number of carbonyl (C=O) groups is 2. The molecule has 0 saturated carbocycles. The minimum Gasteiger partial charge on any atom is -0.473 e. The van der Waals surface area contributed by atoms with Crippen LogP contribution in [0.3, 0.4) is 0 Å². The maximum Gasteiger partial charge on any atom is 0.232 e. The molecule has 9 nitrogen and oxygen atoms in total. The second-order valence-electron chi connectivity index (χ2n) is 8.08. The van der Waals surface area contributed by atoms with Crippen LogP contribution in [0.5, 0.6) is 5.88 Å². The molecular weight excluding hydrogens is 420 g/mol. The van der Waals surface area contributed by atoms with E-state index in [1.165, 1.54) is 0 Å². The third-order valence-electron chi connectivity index (χ3n) is 6.04. The van der Waals surface area contributed by atoms with Crippen molar-refractivity contribution in [2.75, 3.05) is 37.0 Å². The van der Waals surface area contributed by atoms with Crippen LogP contribution in [0.25, 0.3) is 0 Å². The maximum atomic E-state index is 12.9. The summed E-state index contributed by atoms with van der Waals surface area (Å²) in [6.45, 7) is 1.12. The van der Waals surface area contributed by atoms with E-state index in [1.54, 1.807) is 23.5 Å². The molecule has 1 fully saturated rings. The van der Waals surface area contributed by atoms with Crippen molar-refractivity contribution >= 4 is 23.1 Å². The maximum absolute atomic E-state index is 12.9. The predicted octanol–water partition coefficient (Wildman–Crippen LogP) is 2.52. The van der Waals surface area contributed by atoms with Crippen LogP contribution >= 0.6 is 0 Å². The number of rotatable bonds is 6. The molecule has 2 aliphatic rings. The van der Waals surface area contributed by atoms with Gasteiger partial charge >= 0.3 is 0 Å². The summed E-state index contributed by atoms with van der Waals surface area (Å²) in [7, 11) is 3.67. The van der Waals surface area contributed by atoms with Gasteiger partial charge in [0.2, 0.25) is 11.8 Å². The van der Waals surface area contributed by atoms with Crippen molar-refractivity contribution in [2.24, 2.45) is 0 Å². The van der Waals surface area contributed by atoms with Crippen molar-refractivity contribution in [3.8, 4) is 11.9 Å². The molecule has 0 atom stereocenters. The van der Waals surface area contributed by atoms with Gasteiger partial charge in [0.25, 0.3) is 0 Å². The topological polar surface area (TPSA) is 103 Å². The Morgan fingerprint density at radius 2 is 1.76 bits per heavy atom. The minimum atomic E-state index is -0.326. The van der Waals surface area contributed by atoms with Crippen LogP contribution in [-0.4, -0.2) is 59.8 Å². The molecule has 2 aliphatic heterocycles. The number of allylic oxidation sites excluding steroid dienone is 1. The summed E-state index contributed by atoms with van der Waals surface area (Å²) in [6, 6.07) is 9.79. The molecule has 0 bridgehead atoms. The highest BCUT2D eigenvalue weighted by Gasteiger charge is 2.31. The van der Waals surface area contributed by atoms with Gasteiger partial charge < -0.3 is 19.4 Å². The Bertz CT molecular complexity index is 1070. The number of ether oxygens (including phenoxy) is 1. The van der Waals surface area contributed by atoms with Crippen LogP contribution in [0.15, 0.2) is 54.3 Å². The van der Waals surface area contributed by atoms with Gasteiger partial charge in [-0.15, -0.1) is 0 Å². The number of hydrogen-bond donors (Lipinski definition) is 0. The van der Waals surface area contributed by atoms with Crippen molar-refractivity contribution in [3.05, 3.63) is 54.3 Å². The molecule has 1 aromatic carbocycles. The predicted molar refractivity (Wildman–Crippen MR) is 122 cm³/mol. The molecule has 0 spiro atoms. The average Bonchev–Trinajstić information content (AvgIpc) is 3.10. The Morgan fingerprint density at radius 3 is 2.33 bits per heavy atom. The Labute approximate surface area is 192 Å². The van der Waals surface area contributed by atoms with Crippen LogP contribution in [-0.2, 0) is 9.59 Å². The molecule has 3 heterocycles. The number of carbonyl (C=O) groups excluding carboxylic acids is 2. The molecule has 2 aromatic rings. The number of aromatic nitrogens is 2. The first kappa shape index (κ1) is 22.3. The van der Waals surface area contributed by atoms with Crippen LogP contribution in [0, 0.1) is 11.3 Å². The Kier molecular flexibility index (Phi) is 6.54. The third kappa shape index (κ3) is 4.65. The number of anilines is 2. The Hall–Kier alpha value is -3.93.